The van der Waals surface area contributed by atoms with Crippen LogP contribution in [0.1, 0.15) is 38.5 Å². The minimum atomic E-state index is 0.324. The predicted octanol–water partition coefficient (Wildman–Crippen LogP) is 2.10. The number of hydrogen-bond donors (Lipinski definition) is 0. The van der Waals surface area contributed by atoms with E-state index >= 15 is 0 Å². The Morgan fingerprint density at radius 3 is 2.94 bits per heavy atom. The van der Waals surface area contributed by atoms with Crippen molar-refractivity contribution in [3.63, 3.8) is 0 Å². The molecule has 0 aromatic rings. The van der Waals surface area contributed by atoms with E-state index in [1.165, 1.54) is 25.8 Å². The lowest BCUT2D eigenvalue weighted by molar-refractivity contribution is -0.125. The van der Waals surface area contributed by atoms with E-state index in [4.69, 9.17) is 4.74 Å². The molecule has 0 N–H and O–H groups in total. The molecule has 0 amide bonds. The van der Waals surface area contributed by atoms with Gasteiger partial charge in [-0.3, -0.25) is 4.79 Å². The standard InChI is InChI=1S/C14H25NO2/c1-17-11-12-5-4-8-15(9-12)10-13-6-2-3-7-14(13)16/h12-13H,2-11H2,1H3. The van der Waals surface area contributed by atoms with Crippen LogP contribution in [0.2, 0.25) is 0 Å². The number of ether oxygens (including phenoxy) is 1. The number of nitrogens with zero attached hydrogens (tertiary/aromatic N) is 1. The molecule has 1 saturated heterocycles. The summed E-state index contributed by atoms with van der Waals surface area (Å²) >= 11 is 0. The van der Waals surface area contributed by atoms with Crippen molar-refractivity contribution in [1.82, 2.24) is 4.90 Å². The van der Waals surface area contributed by atoms with Gasteiger partial charge in [-0.1, -0.05) is 6.42 Å². The molecule has 98 valence electrons. The van der Waals surface area contributed by atoms with Gasteiger partial charge in [0.15, 0.2) is 0 Å². The van der Waals surface area contributed by atoms with Crippen LogP contribution in [0.4, 0.5) is 0 Å². The average molecular weight is 239 g/mol. The summed E-state index contributed by atoms with van der Waals surface area (Å²) in [5, 5.41) is 0. The number of hydrogen-bond acceptors (Lipinski definition) is 3. The summed E-state index contributed by atoms with van der Waals surface area (Å²) in [7, 11) is 1.78. The number of piperidine rings is 1. The fourth-order valence-electron chi connectivity index (χ4n) is 3.25. The first-order valence-corrected chi connectivity index (χ1v) is 7.03. The first kappa shape index (κ1) is 13.0. The topological polar surface area (TPSA) is 29.5 Å². The Morgan fingerprint density at radius 1 is 1.29 bits per heavy atom. The fourth-order valence-corrected chi connectivity index (χ4v) is 3.25. The highest BCUT2D eigenvalue weighted by molar-refractivity contribution is 5.81. The van der Waals surface area contributed by atoms with Gasteiger partial charge in [0.2, 0.25) is 0 Å². The molecule has 2 rings (SSSR count). The molecule has 3 heteroatoms. The van der Waals surface area contributed by atoms with Crippen LogP contribution in [0.25, 0.3) is 0 Å². The average Bonchev–Trinajstić information content (AvgIpc) is 2.33. The van der Waals surface area contributed by atoms with Crippen molar-refractivity contribution in [2.24, 2.45) is 11.8 Å². The lowest BCUT2D eigenvalue weighted by Crippen LogP contribution is -2.42. The van der Waals surface area contributed by atoms with Crippen molar-refractivity contribution in [2.45, 2.75) is 38.5 Å². The van der Waals surface area contributed by atoms with Gasteiger partial charge >= 0.3 is 0 Å². The molecule has 0 spiro atoms. The van der Waals surface area contributed by atoms with Crippen LogP contribution < -0.4 is 0 Å². The molecule has 1 saturated carbocycles. The molecule has 17 heavy (non-hydrogen) atoms. The first-order chi connectivity index (χ1) is 8.29. The van der Waals surface area contributed by atoms with E-state index in [9.17, 15) is 4.79 Å². The molecule has 3 nitrogen and oxygen atoms in total. The highest BCUT2D eigenvalue weighted by Crippen LogP contribution is 2.24. The Balaban J connectivity index is 1.79. The summed E-state index contributed by atoms with van der Waals surface area (Å²) in [6, 6.07) is 0. The zero-order valence-corrected chi connectivity index (χ0v) is 11.0. The summed E-state index contributed by atoms with van der Waals surface area (Å²) < 4.78 is 5.25. The van der Waals surface area contributed by atoms with Crippen LogP contribution in [0, 0.1) is 11.8 Å². The summed E-state index contributed by atoms with van der Waals surface area (Å²) in [6.07, 6.45) is 6.83. The Morgan fingerprint density at radius 2 is 2.18 bits per heavy atom. The van der Waals surface area contributed by atoms with Crippen molar-refractivity contribution in [1.29, 1.82) is 0 Å². The van der Waals surface area contributed by atoms with Gasteiger partial charge in [-0.2, -0.15) is 0 Å². The Bertz CT molecular complexity index is 253. The number of likely N-dealkylation sites (tertiary alicyclic amines) is 1. The summed E-state index contributed by atoms with van der Waals surface area (Å²) in [5.74, 6) is 1.50. The predicted molar refractivity (Wildman–Crippen MR) is 68.0 cm³/mol. The number of carbonyl (C=O) groups excluding carboxylic acids is 1. The van der Waals surface area contributed by atoms with Crippen LogP contribution >= 0.6 is 0 Å². The molecule has 1 aliphatic carbocycles. The number of Topliss-reactive ketones (excluding diaryl/α,β-unsaturated/α-hetero) is 1. The molecule has 0 aromatic carbocycles. The molecule has 2 atom stereocenters. The number of rotatable bonds is 4. The molecule has 0 aromatic heterocycles. The number of carbonyl (C=O) groups is 1. The van der Waals surface area contributed by atoms with Gasteiger partial charge in [-0.05, 0) is 38.1 Å². The van der Waals surface area contributed by atoms with E-state index in [0.717, 1.165) is 39.0 Å². The Labute approximate surface area is 105 Å². The molecule has 1 aliphatic heterocycles. The van der Waals surface area contributed by atoms with Crippen LogP contribution in [-0.4, -0.2) is 44.0 Å². The van der Waals surface area contributed by atoms with Gasteiger partial charge < -0.3 is 9.64 Å². The molecule has 2 aliphatic rings. The van der Waals surface area contributed by atoms with Crippen LogP contribution in [0.5, 0.6) is 0 Å². The van der Waals surface area contributed by atoms with Crippen LogP contribution in [0.15, 0.2) is 0 Å². The monoisotopic (exact) mass is 239 g/mol. The highest BCUT2D eigenvalue weighted by Gasteiger charge is 2.27. The van der Waals surface area contributed by atoms with E-state index in [-0.39, 0.29) is 0 Å². The normalized spacial score (nSPS) is 31.7. The molecule has 2 unspecified atom stereocenters. The van der Waals surface area contributed by atoms with Crippen LogP contribution in [-0.2, 0) is 9.53 Å². The summed E-state index contributed by atoms with van der Waals surface area (Å²) in [6.45, 7) is 4.16. The van der Waals surface area contributed by atoms with Gasteiger partial charge in [0.1, 0.15) is 5.78 Å². The lowest BCUT2D eigenvalue weighted by Gasteiger charge is -2.35. The summed E-state index contributed by atoms with van der Waals surface area (Å²) in [5.41, 5.74) is 0. The zero-order valence-electron chi connectivity index (χ0n) is 11.0. The molecule has 2 fully saturated rings. The van der Waals surface area contributed by atoms with Crippen molar-refractivity contribution >= 4 is 5.78 Å². The van der Waals surface area contributed by atoms with Crippen molar-refractivity contribution in [3.8, 4) is 0 Å². The molecule has 1 heterocycles. The van der Waals surface area contributed by atoms with Gasteiger partial charge in [-0.25, -0.2) is 0 Å². The maximum atomic E-state index is 11.8. The third kappa shape index (κ3) is 3.78. The quantitative estimate of drug-likeness (QED) is 0.752. The largest absolute Gasteiger partial charge is 0.384 e. The van der Waals surface area contributed by atoms with E-state index < -0.39 is 0 Å². The van der Waals surface area contributed by atoms with Crippen molar-refractivity contribution in [3.05, 3.63) is 0 Å². The second kappa shape index (κ2) is 6.50. The van der Waals surface area contributed by atoms with E-state index in [0.29, 0.717) is 17.6 Å². The van der Waals surface area contributed by atoms with Crippen molar-refractivity contribution in [2.75, 3.05) is 33.4 Å². The number of methoxy groups -OCH3 is 1. The van der Waals surface area contributed by atoms with Gasteiger partial charge in [0, 0.05) is 32.5 Å². The van der Waals surface area contributed by atoms with Gasteiger partial charge in [-0.15, -0.1) is 0 Å². The molecule has 0 bridgehead atoms. The second-order valence-corrected chi connectivity index (χ2v) is 5.63. The smallest absolute Gasteiger partial charge is 0.137 e. The third-order valence-corrected chi connectivity index (χ3v) is 4.17. The van der Waals surface area contributed by atoms with E-state index in [1.807, 2.05) is 0 Å². The highest BCUT2D eigenvalue weighted by atomic mass is 16.5. The third-order valence-electron chi connectivity index (χ3n) is 4.17. The minimum absolute atomic E-state index is 0.324. The van der Waals surface area contributed by atoms with E-state index in [2.05, 4.69) is 4.90 Å². The van der Waals surface area contributed by atoms with Crippen LogP contribution in [0.3, 0.4) is 0 Å². The lowest BCUT2D eigenvalue weighted by atomic mass is 9.87. The van der Waals surface area contributed by atoms with Gasteiger partial charge in [0.25, 0.3) is 0 Å². The van der Waals surface area contributed by atoms with Gasteiger partial charge in [0.05, 0.1) is 6.61 Å². The van der Waals surface area contributed by atoms with Crippen molar-refractivity contribution < 1.29 is 9.53 Å². The molecule has 0 radical (unpaired) electrons. The fraction of sp³-hybridized carbons (Fsp3) is 0.929. The Kier molecular flexibility index (Phi) is 4.99. The molecular formula is C14H25NO2. The minimum Gasteiger partial charge on any atom is -0.384 e. The second-order valence-electron chi connectivity index (χ2n) is 5.63. The first-order valence-electron chi connectivity index (χ1n) is 7.03. The maximum Gasteiger partial charge on any atom is 0.137 e. The zero-order chi connectivity index (χ0) is 12.1. The SMILES string of the molecule is COCC1CCCN(CC2CCCCC2=O)C1. The Hall–Kier alpha value is -0.410. The number of ketones is 1. The maximum absolute atomic E-state index is 11.8. The molecular weight excluding hydrogens is 214 g/mol. The summed E-state index contributed by atoms with van der Waals surface area (Å²) in [4.78, 5) is 14.3. The van der Waals surface area contributed by atoms with E-state index in [1.54, 1.807) is 7.11 Å².